The van der Waals surface area contributed by atoms with Crippen LogP contribution in [0.4, 0.5) is 0 Å². The first-order valence-electron chi connectivity index (χ1n) is 5.94. The summed E-state index contributed by atoms with van der Waals surface area (Å²) in [5.41, 5.74) is 0. The van der Waals surface area contributed by atoms with E-state index in [1.807, 2.05) is 0 Å². The van der Waals surface area contributed by atoms with Gasteiger partial charge in [-0.3, -0.25) is 9.59 Å². The van der Waals surface area contributed by atoms with E-state index in [1.54, 1.807) is 0 Å². The van der Waals surface area contributed by atoms with Gasteiger partial charge in [0, 0.05) is 13.8 Å². The zero-order chi connectivity index (χ0) is 12.0. The minimum Gasteiger partial charge on any atom is -0.459 e. The molecule has 92 valence electrons. The zero-order valence-corrected chi connectivity index (χ0v) is 10.0. The van der Waals surface area contributed by atoms with Crippen LogP contribution in [0.1, 0.15) is 52.4 Å². The number of carbonyl (C=O) groups excluding carboxylic acids is 2. The second-order valence-electron chi connectivity index (χ2n) is 4.29. The number of hydrogen-bond acceptors (Lipinski definition) is 4. The third-order valence-corrected chi connectivity index (χ3v) is 2.78. The van der Waals surface area contributed by atoms with Crippen molar-refractivity contribution < 1.29 is 19.1 Å². The molecule has 0 heterocycles. The minimum atomic E-state index is -0.303. The molecule has 0 spiro atoms. The Bertz CT molecular complexity index is 223. The Hall–Kier alpha value is -1.06. The highest BCUT2D eigenvalue weighted by Gasteiger charge is 2.27. The van der Waals surface area contributed by atoms with Crippen molar-refractivity contribution in [1.29, 1.82) is 0 Å². The molecule has 0 saturated heterocycles. The summed E-state index contributed by atoms with van der Waals surface area (Å²) in [5, 5.41) is 0. The molecule has 0 N–H and O–H groups in total. The number of esters is 2. The van der Waals surface area contributed by atoms with Gasteiger partial charge in [-0.2, -0.15) is 0 Å². The van der Waals surface area contributed by atoms with Crippen molar-refractivity contribution in [2.75, 3.05) is 0 Å². The van der Waals surface area contributed by atoms with Gasteiger partial charge in [0.15, 0.2) is 0 Å². The SMILES string of the molecule is CC(=O)O[C@@H]1CCCCCC[C@H]1OC(C)=O. The quantitative estimate of drug-likeness (QED) is 0.680. The predicted octanol–water partition coefficient (Wildman–Crippen LogP) is 2.20. The van der Waals surface area contributed by atoms with Gasteiger partial charge in [0.2, 0.25) is 0 Å². The molecule has 2 atom stereocenters. The van der Waals surface area contributed by atoms with Crippen molar-refractivity contribution in [2.24, 2.45) is 0 Å². The largest absolute Gasteiger partial charge is 0.459 e. The molecule has 0 bridgehead atoms. The van der Waals surface area contributed by atoms with Gasteiger partial charge in [0.25, 0.3) is 0 Å². The highest BCUT2D eigenvalue weighted by atomic mass is 16.6. The summed E-state index contributed by atoms with van der Waals surface area (Å²) in [6.07, 6.45) is 5.42. The van der Waals surface area contributed by atoms with Crippen LogP contribution >= 0.6 is 0 Å². The molecule has 0 radical (unpaired) electrons. The number of rotatable bonds is 2. The number of ether oxygens (including phenoxy) is 2. The van der Waals surface area contributed by atoms with E-state index < -0.39 is 0 Å². The second kappa shape index (κ2) is 6.51. The van der Waals surface area contributed by atoms with Crippen LogP contribution in [-0.4, -0.2) is 24.1 Å². The van der Waals surface area contributed by atoms with Gasteiger partial charge >= 0.3 is 11.9 Å². The van der Waals surface area contributed by atoms with E-state index in [0.29, 0.717) is 0 Å². The van der Waals surface area contributed by atoms with Crippen molar-refractivity contribution in [2.45, 2.75) is 64.6 Å². The lowest BCUT2D eigenvalue weighted by molar-refractivity contribution is -0.167. The predicted molar refractivity (Wildman–Crippen MR) is 58.8 cm³/mol. The van der Waals surface area contributed by atoms with E-state index in [9.17, 15) is 9.59 Å². The average molecular weight is 228 g/mol. The van der Waals surface area contributed by atoms with Crippen LogP contribution in [0.25, 0.3) is 0 Å². The van der Waals surface area contributed by atoms with Crippen molar-refractivity contribution >= 4 is 11.9 Å². The summed E-state index contributed by atoms with van der Waals surface area (Å²) < 4.78 is 10.4. The Morgan fingerprint density at radius 1 is 0.812 bits per heavy atom. The van der Waals surface area contributed by atoms with Crippen molar-refractivity contribution in [1.82, 2.24) is 0 Å². The van der Waals surface area contributed by atoms with Crippen LogP contribution < -0.4 is 0 Å². The molecular weight excluding hydrogens is 208 g/mol. The van der Waals surface area contributed by atoms with Gasteiger partial charge in [-0.25, -0.2) is 0 Å². The molecule has 0 aromatic carbocycles. The fourth-order valence-electron chi connectivity index (χ4n) is 2.11. The van der Waals surface area contributed by atoms with E-state index >= 15 is 0 Å². The normalized spacial score (nSPS) is 26.4. The average Bonchev–Trinajstić information content (AvgIpc) is 2.15. The summed E-state index contributed by atoms with van der Waals surface area (Å²) >= 11 is 0. The van der Waals surface area contributed by atoms with Crippen molar-refractivity contribution in [3.8, 4) is 0 Å². The lowest BCUT2D eigenvalue weighted by Gasteiger charge is -2.28. The fraction of sp³-hybridized carbons (Fsp3) is 0.833. The molecule has 1 rings (SSSR count). The van der Waals surface area contributed by atoms with E-state index in [4.69, 9.17) is 9.47 Å². The molecular formula is C12H20O4. The van der Waals surface area contributed by atoms with E-state index in [0.717, 1.165) is 38.5 Å². The van der Waals surface area contributed by atoms with E-state index in [1.165, 1.54) is 13.8 Å². The fourth-order valence-corrected chi connectivity index (χ4v) is 2.11. The molecule has 0 aromatic rings. The molecule has 0 aliphatic heterocycles. The van der Waals surface area contributed by atoms with Crippen molar-refractivity contribution in [3.63, 3.8) is 0 Å². The standard InChI is InChI=1S/C12H20O4/c1-9(13)15-11-7-5-3-4-6-8-12(11)16-10(2)14/h11-12H,3-8H2,1-2H3/t11-,12-/m1/s1. The number of carbonyl (C=O) groups is 2. The number of hydrogen-bond donors (Lipinski definition) is 0. The highest BCUT2D eigenvalue weighted by Crippen LogP contribution is 2.22. The van der Waals surface area contributed by atoms with Crippen LogP contribution in [0.5, 0.6) is 0 Å². The van der Waals surface area contributed by atoms with Gasteiger partial charge in [-0.15, -0.1) is 0 Å². The smallest absolute Gasteiger partial charge is 0.303 e. The van der Waals surface area contributed by atoms with Gasteiger partial charge < -0.3 is 9.47 Å². The van der Waals surface area contributed by atoms with Crippen molar-refractivity contribution in [3.05, 3.63) is 0 Å². The molecule has 1 saturated carbocycles. The van der Waals surface area contributed by atoms with Gasteiger partial charge in [0.05, 0.1) is 0 Å². The van der Waals surface area contributed by atoms with Crippen LogP contribution in [-0.2, 0) is 19.1 Å². The van der Waals surface area contributed by atoms with Crippen LogP contribution in [0.2, 0.25) is 0 Å². The lowest BCUT2D eigenvalue weighted by Crippen LogP contribution is -2.35. The first-order valence-corrected chi connectivity index (χ1v) is 5.94. The second-order valence-corrected chi connectivity index (χ2v) is 4.29. The third-order valence-electron chi connectivity index (χ3n) is 2.78. The molecule has 16 heavy (non-hydrogen) atoms. The minimum absolute atomic E-state index is 0.262. The first-order chi connectivity index (χ1) is 7.59. The van der Waals surface area contributed by atoms with Crippen LogP contribution in [0.15, 0.2) is 0 Å². The maximum atomic E-state index is 11.0. The maximum Gasteiger partial charge on any atom is 0.303 e. The summed E-state index contributed by atoms with van der Waals surface area (Å²) in [7, 11) is 0. The monoisotopic (exact) mass is 228 g/mol. The van der Waals surface area contributed by atoms with Crippen LogP contribution in [0.3, 0.4) is 0 Å². The molecule has 1 aliphatic carbocycles. The Labute approximate surface area is 96.3 Å². The highest BCUT2D eigenvalue weighted by molar-refractivity contribution is 5.67. The Morgan fingerprint density at radius 2 is 1.19 bits per heavy atom. The first kappa shape index (κ1) is 13.0. The molecule has 0 aromatic heterocycles. The molecule has 0 amide bonds. The van der Waals surface area contributed by atoms with E-state index in [2.05, 4.69) is 0 Å². The molecule has 1 fully saturated rings. The molecule has 1 aliphatic rings. The lowest BCUT2D eigenvalue weighted by atomic mass is 9.96. The summed E-state index contributed by atoms with van der Waals surface area (Å²) in [6, 6.07) is 0. The van der Waals surface area contributed by atoms with Gasteiger partial charge in [-0.1, -0.05) is 12.8 Å². The topological polar surface area (TPSA) is 52.6 Å². The van der Waals surface area contributed by atoms with Gasteiger partial charge in [0.1, 0.15) is 12.2 Å². The van der Waals surface area contributed by atoms with Gasteiger partial charge in [-0.05, 0) is 25.7 Å². The molecule has 4 nitrogen and oxygen atoms in total. The van der Waals surface area contributed by atoms with E-state index in [-0.39, 0.29) is 24.1 Å². The maximum absolute atomic E-state index is 11.0. The third kappa shape index (κ3) is 4.64. The summed E-state index contributed by atoms with van der Waals surface area (Å²) in [6.45, 7) is 2.78. The Balaban J connectivity index is 2.60. The molecule has 4 heteroatoms. The summed E-state index contributed by atoms with van der Waals surface area (Å²) in [5.74, 6) is -0.606. The molecule has 0 unspecified atom stereocenters. The zero-order valence-electron chi connectivity index (χ0n) is 10.0. The van der Waals surface area contributed by atoms with Crippen LogP contribution in [0, 0.1) is 0 Å². The summed E-state index contributed by atoms with van der Waals surface area (Å²) in [4.78, 5) is 22.0. The Kier molecular flexibility index (Phi) is 5.29. The Morgan fingerprint density at radius 3 is 1.50 bits per heavy atom.